The van der Waals surface area contributed by atoms with Crippen LogP contribution in [0.15, 0.2) is 0 Å². The maximum atomic E-state index is 5.43. The van der Waals surface area contributed by atoms with Gasteiger partial charge in [0.2, 0.25) is 4.96 Å². The maximum absolute atomic E-state index is 5.43. The number of aromatic nitrogens is 4. The van der Waals surface area contributed by atoms with Crippen LogP contribution in [-0.4, -0.2) is 57.1 Å². The first-order valence-corrected chi connectivity index (χ1v) is 9.47. The van der Waals surface area contributed by atoms with Crippen molar-refractivity contribution in [2.45, 2.75) is 31.2 Å². The van der Waals surface area contributed by atoms with Crippen LogP contribution in [0.25, 0.3) is 4.96 Å². The second-order valence-corrected chi connectivity index (χ2v) is 7.76. The average Bonchev–Trinajstić information content (AvgIpc) is 3.09. The Balaban J connectivity index is 1.53. The molecule has 2 aliphatic heterocycles. The lowest BCUT2D eigenvalue weighted by Gasteiger charge is -2.21. The molecule has 0 saturated carbocycles. The van der Waals surface area contributed by atoms with Gasteiger partial charge >= 0.3 is 0 Å². The molecule has 4 heterocycles. The van der Waals surface area contributed by atoms with E-state index in [1.807, 2.05) is 16.3 Å². The van der Waals surface area contributed by atoms with E-state index in [1.54, 1.807) is 11.3 Å². The first-order chi connectivity index (χ1) is 10.4. The van der Waals surface area contributed by atoms with Gasteiger partial charge in [0.1, 0.15) is 5.01 Å². The fourth-order valence-electron chi connectivity index (χ4n) is 2.93. The van der Waals surface area contributed by atoms with E-state index in [0.29, 0.717) is 12.0 Å². The quantitative estimate of drug-likeness (QED) is 0.918. The van der Waals surface area contributed by atoms with Gasteiger partial charge in [-0.3, -0.25) is 0 Å². The molecule has 6 nitrogen and oxygen atoms in total. The van der Waals surface area contributed by atoms with Crippen LogP contribution < -0.4 is 5.32 Å². The molecule has 114 valence electrons. The summed E-state index contributed by atoms with van der Waals surface area (Å²) in [5, 5.41) is 18.2. The first kappa shape index (κ1) is 13.9. The van der Waals surface area contributed by atoms with Crippen molar-refractivity contribution in [1.29, 1.82) is 0 Å². The lowest BCUT2D eigenvalue weighted by molar-refractivity contribution is 0.0831. The predicted octanol–water partition coefficient (Wildman–Crippen LogP) is 1.33. The number of nitrogens with one attached hydrogen (secondary N) is 1. The predicted molar refractivity (Wildman–Crippen MR) is 84.3 cm³/mol. The fraction of sp³-hybridized carbons (Fsp3) is 0.769. The van der Waals surface area contributed by atoms with Crippen LogP contribution in [0.1, 0.15) is 29.6 Å². The molecular formula is C13H19N5OS2. The summed E-state index contributed by atoms with van der Waals surface area (Å²) in [5.74, 6) is 3.84. The molecule has 2 aromatic heterocycles. The Bertz CT molecular complexity index is 601. The largest absolute Gasteiger partial charge is 0.381 e. The zero-order valence-corrected chi connectivity index (χ0v) is 13.5. The molecular weight excluding hydrogens is 306 g/mol. The van der Waals surface area contributed by atoms with Crippen molar-refractivity contribution in [3.05, 3.63) is 10.8 Å². The van der Waals surface area contributed by atoms with E-state index in [0.717, 1.165) is 54.8 Å². The first-order valence-electron chi connectivity index (χ1n) is 7.50. The Hall–Kier alpha value is -0.700. The van der Waals surface area contributed by atoms with Gasteiger partial charge in [0.25, 0.3) is 0 Å². The van der Waals surface area contributed by atoms with Crippen LogP contribution in [0.3, 0.4) is 0 Å². The molecule has 2 aliphatic rings. The highest BCUT2D eigenvalue weighted by atomic mass is 32.2. The van der Waals surface area contributed by atoms with Gasteiger partial charge in [0.05, 0.1) is 0 Å². The minimum Gasteiger partial charge on any atom is -0.381 e. The zero-order valence-electron chi connectivity index (χ0n) is 11.8. The topological polar surface area (TPSA) is 64.3 Å². The number of fused-ring (bicyclic) bond motifs is 1. The summed E-state index contributed by atoms with van der Waals surface area (Å²) in [6, 6.07) is 0.541. The minimum absolute atomic E-state index is 0.437. The number of hydrogen-bond donors (Lipinski definition) is 1. The molecule has 4 rings (SSSR count). The number of nitrogens with zero attached hydrogens (tertiary/aromatic N) is 4. The van der Waals surface area contributed by atoms with Gasteiger partial charge in [0.15, 0.2) is 5.82 Å². The van der Waals surface area contributed by atoms with Gasteiger partial charge in [0, 0.05) is 49.6 Å². The molecule has 0 aromatic carbocycles. The number of ether oxygens (including phenoxy) is 1. The molecule has 0 aliphatic carbocycles. The highest BCUT2D eigenvalue weighted by Gasteiger charge is 2.24. The standard InChI is InChI=1S/C13H19N5OS2/c1-4-19-5-2-9(1)12-15-16-13-18(12)17-11(21-13)7-10-8-20-6-3-14-10/h9-10,14H,1-8H2. The molecule has 0 spiro atoms. The number of thioether (sulfide) groups is 1. The van der Waals surface area contributed by atoms with E-state index in [9.17, 15) is 0 Å². The van der Waals surface area contributed by atoms with Gasteiger partial charge < -0.3 is 10.1 Å². The molecule has 0 amide bonds. The van der Waals surface area contributed by atoms with Crippen molar-refractivity contribution in [3.8, 4) is 0 Å². The van der Waals surface area contributed by atoms with Crippen molar-refractivity contribution in [1.82, 2.24) is 25.1 Å². The van der Waals surface area contributed by atoms with Crippen LogP contribution in [0.4, 0.5) is 0 Å². The Morgan fingerprint density at radius 1 is 1.29 bits per heavy atom. The molecule has 0 radical (unpaired) electrons. The van der Waals surface area contributed by atoms with E-state index < -0.39 is 0 Å². The number of hydrogen-bond acceptors (Lipinski definition) is 7. The van der Waals surface area contributed by atoms with Crippen molar-refractivity contribution in [2.75, 3.05) is 31.3 Å². The van der Waals surface area contributed by atoms with Gasteiger partial charge in [-0.1, -0.05) is 11.3 Å². The van der Waals surface area contributed by atoms with E-state index in [1.165, 1.54) is 11.5 Å². The fourth-order valence-corrected chi connectivity index (χ4v) is 4.80. The third-order valence-electron chi connectivity index (χ3n) is 4.06. The molecule has 2 fully saturated rings. The van der Waals surface area contributed by atoms with Crippen molar-refractivity contribution >= 4 is 28.1 Å². The van der Waals surface area contributed by atoms with Gasteiger partial charge in [-0.05, 0) is 12.8 Å². The van der Waals surface area contributed by atoms with Gasteiger partial charge in [-0.15, -0.1) is 10.2 Å². The molecule has 8 heteroatoms. The van der Waals surface area contributed by atoms with E-state index in [-0.39, 0.29) is 0 Å². The van der Waals surface area contributed by atoms with Crippen molar-refractivity contribution in [2.24, 2.45) is 0 Å². The Labute approximate surface area is 131 Å². The average molecular weight is 325 g/mol. The molecule has 2 saturated heterocycles. The third-order valence-corrected chi connectivity index (χ3v) is 6.11. The summed E-state index contributed by atoms with van der Waals surface area (Å²) in [6.07, 6.45) is 3.04. The minimum atomic E-state index is 0.437. The normalized spacial score (nSPS) is 24.7. The molecule has 1 unspecified atom stereocenters. The molecule has 1 N–H and O–H groups in total. The Morgan fingerprint density at radius 2 is 2.19 bits per heavy atom. The van der Waals surface area contributed by atoms with E-state index >= 15 is 0 Å². The SMILES string of the molecule is C1CSCC(Cc2nn3c(C4CCOCC4)nnc3s2)N1. The van der Waals surface area contributed by atoms with Crippen LogP contribution in [0.2, 0.25) is 0 Å². The van der Waals surface area contributed by atoms with Crippen molar-refractivity contribution in [3.63, 3.8) is 0 Å². The van der Waals surface area contributed by atoms with E-state index in [4.69, 9.17) is 9.84 Å². The van der Waals surface area contributed by atoms with Crippen LogP contribution in [0, 0.1) is 0 Å². The summed E-state index contributed by atoms with van der Waals surface area (Å²) in [4.78, 5) is 0.926. The summed E-state index contributed by atoms with van der Waals surface area (Å²) < 4.78 is 7.39. The Morgan fingerprint density at radius 3 is 3.00 bits per heavy atom. The van der Waals surface area contributed by atoms with Gasteiger partial charge in [-0.25, -0.2) is 0 Å². The highest BCUT2D eigenvalue weighted by Crippen LogP contribution is 2.27. The summed E-state index contributed by atoms with van der Waals surface area (Å²) >= 11 is 3.70. The van der Waals surface area contributed by atoms with Crippen LogP contribution in [-0.2, 0) is 11.2 Å². The molecule has 2 aromatic rings. The van der Waals surface area contributed by atoms with Crippen LogP contribution >= 0.6 is 23.1 Å². The number of rotatable bonds is 3. The lowest BCUT2D eigenvalue weighted by Crippen LogP contribution is -2.38. The van der Waals surface area contributed by atoms with Gasteiger partial charge in [-0.2, -0.15) is 21.4 Å². The van der Waals surface area contributed by atoms with E-state index in [2.05, 4.69) is 15.5 Å². The second kappa shape index (κ2) is 6.20. The molecule has 0 bridgehead atoms. The van der Waals surface area contributed by atoms with Crippen molar-refractivity contribution < 1.29 is 4.74 Å². The monoisotopic (exact) mass is 325 g/mol. The zero-order chi connectivity index (χ0) is 14.1. The van der Waals surface area contributed by atoms with Crippen LogP contribution in [0.5, 0.6) is 0 Å². The smallest absolute Gasteiger partial charge is 0.234 e. The second-order valence-electron chi connectivity index (χ2n) is 5.57. The maximum Gasteiger partial charge on any atom is 0.234 e. The summed E-state index contributed by atoms with van der Waals surface area (Å²) in [5.41, 5.74) is 0. The lowest BCUT2D eigenvalue weighted by atomic mass is 10.00. The summed E-state index contributed by atoms with van der Waals surface area (Å²) in [6.45, 7) is 2.74. The highest BCUT2D eigenvalue weighted by molar-refractivity contribution is 7.99. The Kier molecular flexibility index (Phi) is 4.11. The summed E-state index contributed by atoms with van der Waals surface area (Å²) in [7, 11) is 0. The molecule has 1 atom stereocenters. The molecule has 21 heavy (non-hydrogen) atoms. The third kappa shape index (κ3) is 2.94.